The fourth-order valence-corrected chi connectivity index (χ4v) is 6.04. The van der Waals surface area contributed by atoms with Crippen molar-refractivity contribution < 1.29 is 36.9 Å². The topological polar surface area (TPSA) is 56.1 Å². The van der Waals surface area contributed by atoms with Crippen molar-refractivity contribution >= 4 is 10.9 Å². The number of nitrogens with zero attached hydrogens (tertiary/aromatic N) is 2. The molecule has 1 atom stereocenters. The first kappa shape index (κ1) is 26.5. The second-order valence-electron chi connectivity index (χ2n) is 10.1. The van der Waals surface area contributed by atoms with Crippen molar-refractivity contribution in [2.75, 3.05) is 20.8 Å². The number of aromatic nitrogens is 1. The van der Waals surface area contributed by atoms with Gasteiger partial charge >= 0.3 is 6.18 Å². The van der Waals surface area contributed by atoms with E-state index in [1.54, 1.807) is 7.11 Å². The molecule has 2 aliphatic heterocycles. The van der Waals surface area contributed by atoms with Crippen molar-refractivity contribution in [3.05, 3.63) is 87.9 Å². The van der Waals surface area contributed by atoms with Gasteiger partial charge in [-0.3, -0.25) is 4.90 Å². The van der Waals surface area contributed by atoms with Gasteiger partial charge in [0.1, 0.15) is 24.9 Å². The van der Waals surface area contributed by atoms with Crippen LogP contribution in [-0.4, -0.2) is 35.3 Å². The maximum Gasteiger partial charge on any atom is 0.419 e. The lowest BCUT2D eigenvalue weighted by atomic mass is 9.85. The van der Waals surface area contributed by atoms with Crippen LogP contribution in [0, 0.1) is 5.82 Å². The summed E-state index contributed by atoms with van der Waals surface area (Å²) in [6.07, 6.45) is -3.24. The molecule has 40 heavy (non-hydrogen) atoms. The fourth-order valence-electron chi connectivity index (χ4n) is 6.04. The third kappa shape index (κ3) is 4.45. The zero-order chi connectivity index (χ0) is 28.2. The molecule has 0 saturated heterocycles. The molecule has 1 N–H and O–H groups in total. The summed E-state index contributed by atoms with van der Waals surface area (Å²) in [4.78, 5) is 2.38. The van der Waals surface area contributed by atoms with Crippen LogP contribution in [0.15, 0.2) is 48.5 Å². The van der Waals surface area contributed by atoms with E-state index in [1.165, 1.54) is 13.2 Å². The smallest absolute Gasteiger partial charge is 0.419 e. The largest absolute Gasteiger partial charge is 0.497 e. The lowest BCUT2D eigenvalue weighted by molar-refractivity contribution is -0.140. The number of hydrogen-bond donors (Lipinski definition) is 1. The molecule has 10 heteroatoms. The number of hydrogen-bond acceptors (Lipinski definition) is 5. The highest BCUT2D eigenvalue weighted by atomic mass is 19.4. The van der Waals surface area contributed by atoms with E-state index in [0.717, 1.165) is 70.6 Å². The summed E-state index contributed by atoms with van der Waals surface area (Å²) in [5.74, 6) is 0.363. The molecule has 3 heterocycles. The Kier molecular flexibility index (Phi) is 6.62. The van der Waals surface area contributed by atoms with E-state index in [2.05, 4.69) is 4.90 Å². The highest BCUT2D eigenvalue weighted by Gasteiger charge is 2.36. The summed E-state index contributed by atoms with van der Waals surface area (Å²) >= 11 is 0. The van der Waals surface area contributed by atoms with E-state index >= 15 is 0 Å². The minimum atomic E-state index is -4.76. The second-order valence-corrected chi connectivity index (χ2v) is 10.1. The molecule has 0 saturated carbocycles. The Morgan fingerprint density at radius 2 is 1.82 bits per heavy atom. The van der Waals surface area contributed by atoms with Crippen LogP contribution in [0.1, 0.15) is 39.6 Å². The number of alkyl halides is 3. The van der Waals surface area contributed by atoms with Crippen LogP contribution in [-0.2, 0) is 38.9 Å². The molecule has 0 spiro atoms. The summed E-state index contributed by atoms with van der Waals surface area (Å²) in [5.41, 5.74) is 4.39. The highest BCUT2D eigenvalue weighted by molar-refractivity contribution is 5.87. The normalized spacial score (nSPS) is 16.8. The first-order chi connectivity index (χ1) is 19.2. The van der Waals surface area contributed by atoms with Crippen LogP contribution in [0.25, 0.3) is 10.9 Å². The Labute approximate surface area is 228 Å². The standard InChI is InChI=1S/C30H28F4N2O4/c1-38-19-4-6-25-21(11-19)22-12-26-20-13-29(40-15-17-3-5-23(24(31)9-17)30(32,33)34)28(39-2)10-18(20)7-8-35(26)14-27(22)36(25)16-37/h3-6,9-11,13,26,37H,7-8,12,14-16H2,1-2H3. The summed E-state index contributed by atoms with van der Waals surface area (Å²) in [6.45, 7) is 1.27. The third-order valence-electron chi connectivity index (χ3n) is 8.01. The number of fused-ring (bicyclic) bond motifs is 6. The molecule has 0 radical (unpaired) electrons. The predicted molar refractivity (Wildman–Crippen MR) is 140 cm³/mol. The average Bonchev–Trinajstić information content (AvgIpc) is 3.25. The molecule has 6 nitrogen and oxygen atoms in total. The number of aliphatic hydroxyl groups excluding tert-OH is 1. The molecule has 1 aromatic heterocycles. The third-order valence-corrected chi connectivity index (χ3v) is 8.01. The molecule has 0 bridgehead atoms. The molecular formula is C30H28F4N2O4. The molecule has 210 valence electrons. The quantitative estimate of drug-likeness (QED) is 0.295. The molecule has 0 fully saturated rings. The van der Waals surface area contributed by atoms with Gasteiger partial charge in [0.15, 0.2) is 11.5 Å². The SMILES string of the molecule is COc1ccc2c(c1)c1c(n2CO)CN2CCc3cc(OC)c(OCc4ccc(C(F)(F)F)c(F)c4)cc3C2C1. The monoisotopic (exact) mass is 556 g/mol. The van der Waals surface area contributed by atoms with Crippen LogP contribution >= 0.6 is 0 Å². The van der Waals surface area contributed by atoms with Gasteiger partial charge in [-0.2, -0.15) is 13.2 Å². The van der Waals surface area contributed by atoms with Crippen LogP contribution in [0.2, 0.25) is 0 Å². The van der Waals surface area contributed by atoms with Crippen molar-refractivity contribution in [2.24, 2.45) is 0 Å². The van der Waals surface area contributed by atoms with Gasteiger partial charge in [-0.1, -0.05) is 6.07 Å². The fraction of sp³-hybridized carbons (Fsp3) is 0.333. The molecule has 2 aliphatic rings. The van der Waals surface area contributed by atoms with Crippen molar-refractivity contribution in [1.82, 2.24) is 9.47 Å². The van der Waals surface area contributed by atoms with Crippen molar-refractivity contribution in [1.29, 1.82) is 0 Å². The number of benzene rings is 3. The molecular weight excluding hydrogens is 528 g/mol. The van der Waals surface area contributed by atoms with Crippen LogP contribution in [0.5, 0.6) is 17.2 Å². The Morgan fingerprint density at radius 3 is 2.52 bits per heavy atom. The van der Waals surface area contributed by atoms with Crippen molar-refractivity contribution in [3.63, 3.8) is 0 Å². The van der Waals surface area contributed by atoms with Gasteiger partial charge in [0, 0.05) is 30.2 Å². The lowest BCUT2D eigenvalue weighted by Gasteiger charge is -2.41. The van der Waals surface area contributed by atoms with E-state index in [-0.39, 0.29) is 24.9 Å². The predicted octanol–water partition coefficient (Wildman–Crippen LogP) is 6.00. The first-order valence-corrected chi connectivity index (χ1v) is 12.9. The molecule has 0 aliphatic carbocycles. The van der Waals surface area contributed by atoms with E-state index in [9.17, 15) is 22.7 Å². The van der Waals surface area contributed by atoms with E-state index in [1.807, 2.05) is 34.9 Å². The van der Waals surface area contributed by atoms with Crippen LogP contribution < -0.4 is 14.2 Å². The summed E-state index contributed by atoms with van der Waals surface area (Å²) < 4.78 is 71.9. The highest BCUT2D eigenvalue weighted by Crippen LogP contribution is 2.45. The Hall–Kier alpha value is -3.76. The van der Waals surface area contributed by atoms with Gasteiger partial charge in [-0.25, -0.2) is 4.39 Å². The van der Waals surface area contributed by atoms with Crippen molar-refractivity contribution in [2.45, 2.75) is 44.9 Å². The number of halogens is 4. The molecule has 3 aromatic carbocycles. The first-order valence-electron chi connectivity index (χ1n) is 12.9. The molecule has 0 amide bonds. The van der Waals surface area contributed by atoms with Crippen LogP contribution in [0.3, 0.4) is 0 Å². The number of rotatable bonds is 6. The lowest BCUT2D eigenvalue weighted by Crippen LogP contribution is -2.39. The summed E-state index contributed by atoms with van der Waals surface area (Å²) in [6, 6.07) is 12.6. The number of methoxy groups -OCH3 is 2. The minimum absolute atomic E-state index is 0.0527. The zero-order valence-corrected chi connectivity index (χ0v) is 22.0. The van der Waals surface area contributed by atoms with Crippen LogP contribution in [0.4, 0.5) is 17.6 Å². The van der Waals surface area contributed by atoms with E-state index < -0.39 is 17.6 Å². The Balaban J connectivity index is 1.33. The van der Waals surface area contributed by atoms with Gasteiger partial charge < -0.3 is 23.9 Å². The van der Waals surface area contributed by atoms with E-state index in [0.29, 0.717) is 18.0 Å². The van der Waals surface area contributed by atoms with Gasteiger partial charge in [0.05, 0.1) is 25.3 Å². The van der Waals surface area contributed by atoms with Gasteiger partial charge in [-0.15, -0.1) is 0 Å². The maximum atomic E-state index is 14.1. The minimum Gasteiger partial charge on any atom is -0.497 e. The van der Waals surface area contributed by atoms with Gasteiger partial charge in [-0.05, 0) is 77.6 Å². The van der Waals surface area contributed by atoms with Gasteiger partial charge in [0.2, 0.25) is 0 Å². The second kappa shape index (κ2) is 10.0. The summed E-state index contributed by atoms with van der Waals surface area (Å²) in [7, 11) is 3.16. The number of aliphatic hydroxyl groups is 1. The summed E-state index contributed by atoms with van der Waals surface area (Å²) in [5, 5.41) is 11.2. The maximum absolute atomic E-state index is 14.1. The van der Waals surface area contributed by atoms with Crippen molar-refractivity contribution in [3.8, 4) is 17.2 Å². The molecule has 6 rings (SSSR count). The number of ether oxygens (including phenoxy) is 3. The van der Waals surface area contributed by atoms with E-state index in [4.69, 9.17) is 14.2 Å². The molecule has 4 aromatic rings. The van der Waals surface area contributed by atoms with Gasteiger partial charge in [0.25, 0.3) is 0 Å². The Morgan fingerprint density at radius 1 is 1.00 bits per heavy atom. The Bertz CT molecular complexity index is 1600. The average molecular weight is 557 g/mol. The molecule has 1 unspecified atom stereocenters. The zero-order valence-electron chi connectivity index (χ0n) is 22.0.